The average molecular weight is 865 g/mol. The molecule has 51 heavy (non-hydrogen) atoms. The summed E-state index contributed by atoms with van der Waals surface area (Å²) in [4.78, 5) is 0. The normalized spacial score (nSPS) is 24.2. The first kappa shape index (κ1) is 40.0. The third kappa shape index (κ3) is 6.82. The van der Waals surface area contributed by atoms with Crippen LogP contribution in [0.4, 0.5) is 0 Å². The smallest absolute Gasteiger partial charge is 0.128 e. The molecule has 6 rings (SSSR count). The van der Waals surface area contributed by atoms with Crippen LogP contribution in [-0.4, -0.2) is 41.7 Å². The van der Waals surface area contributed by atoms with Gasteiger partial charge in [-0.3, -0.25) is 14.1 Å². The molecule has 2 aliphatic rings. The number of nitrogens with zero attached hydrogens (tertiary/aromatic N) is 3. The van der Waals surface area contributed by atoms with Gasteiger partial charge in [-0.15, -0.1) is 0 Å². The Kier molecular flexibility index (Phi) is 11.9. The number of rotatable bonds is 8. The maximum Gasteiger partial charge on any atom is 0.128 e. The molecule has 2 heterocycles. The fourth-order valence-electron chi connectivity index (χ4n) is 8.92. The molecule has 0 N–H and O–H groups in total. The van der Waals surface area contributed by atoms with E-state index in [0.717, 1.165) is 35.1 Å². The van der Waals surface area contributed by atoms with Crippen LogP contribution in [0.2, 0.25) is 40.2 Å². The molecule has 3 nitrogen and oxygen atoms in total. The fraction of sp³-hybridized carbons (Fsp3) is 0.385. The molecule has 272 valence electrons. The monoisotopic (exact) mass is 861 g/mol. The van der Waals surface area contributed by atoms with Gasteiger partial charge in [0, 0.05) is 57.8 Å². The Morgan fingerprint density at radius 1 is 0.549 bits per heavy atom. The zero-order valence-electron chi connectivity index (χ0n) is 29.2. The number of halogens is 8. The van der Waals surface area contributed by atoms with E-state index in [2.05, 4.69) is 51.1 Å². The standard InChI is InChI=1S/C39H40Cl8N3P/c1-7-22(3)36-38(24-9-28(40)17-29(41)10-24,25-11-30(42)18-31(43)12-25)21-51(49(36)5)48-39(37(50(51)6)23(4)8-2,26-13-32(44)19-33(45)14-26)27-15-34(46)20-35(47)16-27/h9-20,22-23,36-37H,7-8,21H2,1-6H3/t22-,23-,36-,37-,51?/m0/s1. The summed E-state index contributed by atoms with van der Waals surface area (Å²) >= 11 is 54.7. The molecular formula is C39H40Cl8N3P. The Morgan fingerprint density at radius 3 is 1.18 bits per heavy atom. The van der Waals surface area contributed by atoms with E-state index in [-0.39, 0.29) is 23.9 Å². The van der Waals surface area contributed by atoms with E-state index < -0.39 is 18.3 Å². The molecule has 0 aromatic heterocycles. The van der Waals surface area contributed by atoms with Gasteiger partial charge in [0.25, 0.3) is 0 Å². The van der Waals surface area contributed by atoms with E-state index in [9.17, 15) is 0 Å². The lowest BCUT2D eigenvalue weighted by Gasteiger charge is -2.43. The van der Waals surface area contributed by atoms with Crippen LogP contribution >= 0.6 is 100 Å². The Labute approximate surface area is 342 Å². The second-order valence-electron chi connectivity index (χ2n) is 14.1. The molecule has 1 unspecified atom stereocenters. The Morgan fingerprint density at radius 2 is 0.843 bits per heavy atom. The molecule has 0 amide bonds. The highest BCUT2D eigenvalue weighted by atomic mass is 35.5. The topological polar surface area (TPSA) is 18.8 Å². The number of hydrogen-bond acceptors (Lipinski definition) is 3. The van der Waals surface area contributed by atoms with Crippen molar-refractivity contribution >= 4 is 100 Å². The Hall–Kier alpha value is -0.650. The summed E-state index contributed by atoms with van der Waals surface area (Å²) in [5.74, 6) is 0.368. The highest BCUT2D eigenvalue weighted by Crippen LogP contribution is 2.76. The van der Waals surface area contributed by atoms with Gasteiger partial charge in [-0.2, -0.15) is 0 Å². The lowest BCUT2D eigenvalue weighted by molar-refractivity contribution is 0.204. The van der Waals surface area contributed by atoms with Crippen molar-refractivity contribution in [3.63, 3.8) is 0 Å². The van der Waals surface area contributed by atoms with E-state index in [1.54, 1.807) is 24.3 Å². The molecule has 2 aliphatic heterocycles. The van der Waals surface area contributed by atoms with E-state index in [1.165, 1.54) is 0 Å². The van der Waals surface area contributed by atoms with Crippen LogP contribution in [0, 0.1) is 11.8 Å². The Bertz CT molecular complexity index is 1850. The second kappa shape index (κ2) is 15.1. The van der Waals surface area contributed by atoms with Crippen molar-refractivity contribution in [1.82, 2.24) is 9.34 Å². The van der Waals surface area contributed by atoms with Crippen LogP contribution in [0.15, 0.2) is 77.5 Å². The van der Waals surface area contributed by atoms with Crippen LogP contribution in [0.3, 0.4) is 0 Å². The minimum absolute atomic E-state index is 0.0645. The van der Waals surface area contributed by atoms with Crippen molar-refractivity contribution in [3.05, 3.63) is 135 Å². The molecule has 4 aromatic carbocycles. The van der Waals surface area contributed by atoms with E-state index in [1.807, 2.05) is 48.5 Å². The van der Waals surface area contributed by atoms with Gasteiger partial charge in [0.05, 0.1) is 13.4 Å². The molecule has 0 aliphatic carbocycles. The first-order chi connectivity index (χ1) is 24.0. The molecule has 5 atom stereocenters. The number of likely N-dealkylation sites (N-methyl/N-ethyl adjacent to an activating group) is 2. The van der Waals surface area contributed by atoms with E-state index >= 15 is 0 Å². The molecule has 1 saturated heterocycles. The lowest BCUT2D eigenvalue weighted by atomic mass is 9.66. The molecule has 0 bridgehead atoms. The van der Waals surface area contributed by atoms with Gasteiger partial charge < -0.3 is 0 Å². The van der Waals surface area contributed by atoms with Crippen LogP contribution in [0.25, 0.3) is 0 Å². The lowest BCUT2D eigenvalue weighted by Crippen LogP contribution is -2.48. The first-order valence-corrected chi connectivity index (χ1v) is 21.8. The highest BCUT2D eigenvalue weighted by Gasteiger charge is 2.66. The first-order valence-electron chi connectivity index (χ1n) is 17.0. The number of hydrogen-bond donors (Lipinski definition) is 0. The molecule has 1 spiro atoms. The summed E-state index contributed by atoms with van der Waals surface area (Å²) in [5.41, 5.74) is 2.12. The predicted molar refractivity (Wildman–Crippen MR) is 224 cm³/mol. The maximum absolute atomic E-state index is 6.84. The summed E-state index contributed by atoms with van der Waals surface area (Å²) < 4.78 is 11.4. The third-order valence-electron chi connectivity index (χ3n) is 11.3. The third-order valence-corrected chi connectivity index (χ3v) is 17.1. The van der Waals surface area contributed by atoms with Crippen molar-refractivity contribution in [1.29, 1.82) is 0 Å². The fourth-order valence-corrected chi connectivity index (χ4v) is 16.0. The maximum atomic E-state index is 6.84. The van der Waals surface area contributed by atoms with Gasteiger partial charge in [-0.05, 0) is 121 Å². The second-order valence-corrected chi connectivity index (χ2v) is 20.8. The molecule has 0 radical (unpaired) electrons. The predicted octanol–water partition coefficient (Wildman–Crippen LogP) is 14.9. The molecule has 4 aromatic rings. The quantitative estimate of drug-likeness (QED) is 0.164. The van der Waals surface area contributed by atoms with Crippen LogP contribution in [0.1, 0.15) is 62.8 Å². The minimum atomic E-state index is -2.70. The van der Waals surface area contributed by atoms with Gasteiger partial charge in [0.2, 0.25) is 0 Å². The summed E-state index contributed by atoms with van der Waals surface area (Å²) in [6, 6.07) is 22.9. The molecule has 0 saturated carbocycles. The molecular weight excluding hydrogens is 825 g/mol. The van der Waals surface area contributed by atoms with Crippen LogP contribution in [0.5, 0.6) is 0 Å². The van der Waals surface area contributed by atoms with Crippen LogP contribution in [-0.2, 0) is 11.0 Å². The van der Waals surface area contributed by atoms with Crippen LogP contribution < -0.4 is 0 Å². The molecule has 12 heteroatoms. The summed E-state index contributed by atoms with van der Waals surface area (Å²) in [7, 11) is 1.75. The Balaban J connectivity index is 1.81. The SMILES string of the molecule is CC[C@H](C)[C@@H]1N(C)P2(=NC(c3cc(Cl)cc(Cl)c3)(c3cc(Cl)cc(Cl)c3)[C@H]([C@@H](C)CC)N2C)CC1(c1cc(Cl)cc(Cl)c1)c1cc(Cl)cc(Cl)c1. The largest absolute Gasteiger partial charge is 0.256 e. The van der Waals surface area contributed by atoms with Crippen molar-refractivity contribution in [2.45, 2.75) is 63.6 Å². The minimum Gasteiger partial charge on any atom is -0.256 e. The van der Waals surface area contributed by atoms with Gasteiger partial charge in [-0.25, -0.2) is 0 Å². The van der Waals surface area contributed by atoms with E-state index in [0.29, 0.717) is 46.3 Å². The zero-order chi connectivity index (χ0) is 37.2. The molecule has 1 fully saturated rings. The highest BCUT2D eigenvalue weighted by molar-refractivity contribution is 7.62. The summed E-state index contributed by atoms with van der Waals surface area (Å²) in [5, 5.41) is 4.33. The average Bonchev–Trinajstić information content (AvgIpc) is 3.47. The van der Waals surface area contributed by atoms with Crippen molar-refractivity contribution < 1.29 is 0 Å². The van der Waals surface area contributed by atoms with Crippen molar-refractivity contribution in [2.75, 3.05) is 20.3 Å². The number of benzene rings is 4. The van der Waals surface area contributed by atoms with Gasteiger partial charge in [-0.1, -0.05) is 133 Å². The van der Waals surface area contributed by atoms with Gasteiger partial charge >= 0.3 is 0 Å². The summed E-state index contributed by atoms with van der Waals surface area (Å²) in [6.07, 6.45) is 2.44. The van der Waals surface area contributed by atoms with Gasteiger partial charge in [0.1, 0.15) is 5.54 Å². The van der Waals surface area contributed by atoms with Crippen molar-refractivity contribution in [3.8, 4) is 0 Å². The van der Waals surface area contributed by atoms with Crippen molar-refractivity contribution in [2.24, 2.45) is 16.6 Å². The zero-order valence-corrected chi connectivity index (χ0v) is 36.1. The summed E-state index contributed by atoms with van der Waals surface area (Å²) in [6.45, 7) is 9.04. The van der Waals surface area contributed by atoms with Gasteiger partial charge in [0.15, 0.2) is 0 Å². The van der Waals surface area contributed by atoms with E-state index in [4.69, 9.17) is 97.6 Å².